The molecule has 1 nitrogen and oxygen atoms in total. The highest BCUT2D eigenvalue weighted by Gasteiger charge is 2.64. The predicted octanol–water partition coefficient (Wildman–Crippen LogP) is 2.69. The molecule has 0 heterocycles. The van der Waals surface area contributed by atoms with Crippen LogP contribution in [-0.2, 0) is 4.74 Å². The molecule has 8 heteroatoms. The van der Waals surface area contributed by atoms with Gasteiger partial charge in [-0.1, -0.05) is 11.6 Å². The van der Waals surface area contributed by atoms with Crippen LogP contribution in [0.4, 0.5) is 26.3 Å². The van der Waals surface area contributed by atoms with Gasteiger partial charge in [0.1, 0.15) is 6.07 Å². The van der Waals surface area contributed by atoms with Gasteiger partial charge in [-0.25, -0.2) is 4.39 Å². The summed E-state index contributed by atoms with van der Waals surface area (Å²) < 4.78 is 72.7. The van der Waals surface area contributed by atoms with Crippen LogP contribution in [-0.4, -0.2) is 24.5 Å². The van der Waals surface area contributed by atoms with Crippen molar-refractivity contribution >= 4 is 11.6 Å². The van der Waals surface area contributed by atoms with Gasteiger partial charge in [0.15, 0.2) is 0 Å². The monoisotopic (exact) mass is 216 g/mol. The predicted molar refractivity (Wildman–Crippen MR) is 27.7 cm³/mol. The van der Waals surface area contributed by atoms with E-state index in [1.54, 1.807) is 0 Å². The zero-order valence-electron chi connectivity index (χ0n) is 5.34. The third-order valence-electron chi connectivity index (χ3n) is 0.872. The average molecular weight is 217 g/mol. The quantitative estimate of drug-likeness (QED) is 0.521. The van der Waals surface area contributed by atoms with Crippen LogP contribution in [0.1, 0.15) is 0 Å². The van der Waals surface area contributed by atoms with Crippen molar-refractivity contribution < 1.29 is 31.1 Å². The molecule has 0 aliphatic carbocycles. The lowest BCUT2D eigenvalue weighted by Gasteiger charge is -2.21. The molecule has 0 aromatic rings. The zero-order chi connectivity index (χ0) is 9.99. The van der Waals surface area contributed by atoms with E-state index in [2.05, 4.69) is 16.3 Å². The molecule has 0 rings (SSSR count). The SMILES string of the molecule is FC(OCCl)C(F)(F)C(F)(F)F. The number of alkyl halides is 7. The first-order valence-electron chi connectivity index (χ1n) is 2.49. The third kappa shape index (κ3) is 2.41. The summed E-state index contributed by atoms with van der Waals surface area (Å²) in [5, 5.41) is 0. The van der Waals surface area contributed by atoms with Gasteiger partial charge in [-0.2, -0.15) is 22.0 Å². The molecule has 12 heavy (non-hydrogen) atoms. The maximum atomic E-state index is 11.9. The molecule has 0 fully saturated rings. The summed E-state index contributed by atoms with van der Waals surface area (Å²) in [6.45, 7) is 0. The molecule has 0 saturated heterocycles. The standard InChI is InChI=1S/C4H3ClF6O/c5-1-12-2(6)3(7,8)4(9,10)11/h2H,1H2. The second-order valence-electron chi connectivity index (χ2n) is 1.71. The minimum Gasteiger partial charge on any atom is -0.327 e. The largest absolute Gasteiger partial charge is 0.459 e. The molecule has 0 aromatic carbocycles. The van der Waals surface area contributed by atoms with Gasteiger partial charge in [0.25, 0.3) is 6.36 Å². The molecule has 0 radical (unpaired) electrons. The molecule has 0 aliphatic heterocycles. The van der Waals surface area contributed by atoms with E-state index in [-0.39, 0.29) is 0 Å². The maximum Gasteiger partial charge on any atom is 0.459 e. The zero-order valence-corrected chi connectivity index (χ0v) is 6.09. The Morgan fingerprint density at radius 1 is 1.17 bits per heavy atom. The van der Waals surface area contributed by atoms with Crippen molar-refractivity contribution in [1.29, 1.82) is 0 Å². The van der Waals surface area contributed by atoms with E-state index in [9.17, 15) is 26.3 Å². The Morgan fingerprint density at radius 2 is 1.58 bits per heavy atom. The van der Waals surface area contributed by atoms with Crippen LogP contribution in [0.5, 0.6) is 0 Å². The van der Waals surface area contributed by atoms with E-state index in [4.69, 9.17) is 0 Å². The van der Waals surface area contributed by atoms with Crippen molar-refractivity contribution in [2.24, 2.45) is 0 Å². The number of rotatable bonds is 3. The molecular formula is C4H3ClF6O. The summed E-state index contributed by atoms with van der Waals surface area (Å²) in [5.74, 6) is -5.53. The van der Waals surface area contributed by atoms with Gasteiger partial charge in [-0.05, 0) is 0 Å². The first-order valence-corrected chi connectivity index (χ1v) is 3.03. The summed E-state index contributed by atoms with van der Waals surface area (Å²) >= 11 is 4.59. The minimum atomic E-state index is -5.97. The second-order valence-corrected chi connectivity index (χ2v) is 1.93. The lowest BCUT2D eigenvalue weighted by atomic mass is 10.3. The van der Waals surface area contributed by atoms with E-state index < -0.39 is 24.5 Å². The van der Waals surface area contributed by atoms with Gasteiger partial charge >= 0.3 is 12.1 Å². The summed E-state index contributed by atoms with van der Waals surface area (Å²) in [4.78, 5) is 0. The van der Waals surface area contributed by atoms with Crippen LogP contribution in [0.3, 0.4) is 0 Å². The highest BCUT2D eigenvalue weighted by molar-refractivity contribution is 6.17. The van der Waals surface area contributed by atoms with Crippen LogP contribution >= 0.6 is 11.6 Å². The van der Waals surface area contributed by atoms with Crippen LogP contribution in [0, 0.1) is 0 Å². The van der Waals surface area contributed by atoms with Crippen molar-refractivity contribution in [2.45, 2.75) is 18.5 Å². The van der Waals surface area contributed by atoms with Gasteiger partial charge in [-0.3, -0.25) is 0 Å². The Kier molecular flexibility index (Phi) is 3.64. The molecule has 1 atom stereocenters. The van der Waals surface area contributed by atoms with E-state index in [0.717, 1.165) is 0 Å². The average Bonchev–Trinajstić information content (AvgIpc) is 1.85. The molecule has 0 aliphatic rings. The van der Waals surface area contributed by atoms with E-state index in [1.165, 1.54) is 0 Å². The highest BCUT2D eigenvalue weighted by Crippen LogP contribution is 2.39. The van der Waals surface area contributed by atoms with Crippen molar-refractivity contribution in [3.05, 3.63) is 0 Å². The number of hydrogen-bond donors (Lipinski definition) is 0. The summed E-state index contributed by atoms with van der Waals surface area (Å²) in [6.07, 6.45) is -9.74. The third-order valence-corrected chi connectivity index (χ3v) is 0.998. The Balaban J connectivity index is 4.38. The first-order chi connectivity index (χ1) is 5.23. The van der Waals surface area contributed by atoms with Gasteiger partial charge in [0, 0.05) is 0 Å². The van der Waals surface area contributed by atoms with E-state index in [0.29, 0.717) is 0 Å². The fourth-order valence-corrected chi connectivity index (χ4v) is 0.399. The summed E-state index contributed by atoms with van der Waals surface area (Å²) in [6, 6.07) is -1.08. The van der Waals surface area contributed by atoms with Crippen LogP contribution < -0.4 is 0 Å². The second kappa shape index (κ2) is 3.69. The summed E-state index contributed by atoms with van der Waals surface area (Å²) in [5.41, 5.74) is 0. The highest BCUT2D eigenvalue weighted by atomic mass is 35.5. The Labute approximate surface area is 68.2 Å². The minimum absolute atomic E-state index is 1.08. The van der Waals surface area contributed by atoms with Gasteiger partial charge in [0.05, 0.1) is 0 Å². The molecule has 74 valence electrons. The summed E-state index contributed by atoms with van der Waals surface area (Å²) in [7, 11) is 0. The Morgan fingerprint density at radius 3 is 1.83 bits per heavy atom. The lowest BCUT2D eigenvalue weighted by molar-refractivity contribution is -0.338. The van der Waals surface area contributed by atoms with Crippen LogP contribution in [0.2, 0.25) is 0 Å². The molecule has 1 unspecified atom stereocenters. The smallest absolute Gasteiger partial charge is 0.327 e. The number of halogens is 7. The van der Waals surface area contributed by atoms with Crippen molar-refractivity contribution in [2.75, 3.05) is 6.07 Å². The molecule has 0 N–H and O–H groups in total. The first kappa shape index (κ1) is 11.8. The fourth-order valence-electron chi connectivity index (χ4n) is 0.289. The Hall–Kier alpha value is -0.170. The van der Waals surface area contributed by atoms with Gasteiger partial charge < -0.3 is 4.74 Å². The molecule has 0 bridgehead atoms. The molecule has 0 aromatic heterocycles. The van der Waals surface area contributed by atoms with Crippen LogP contribution in [0.25, 0.3) is 0 Å². The normalized spacial score (nSPS) is 16.2. The molecule has 0 saturated carbocycles. The van der Waals surface area contributed by atoms with Crippen molar-refractivity contribution in [1.82, 2.24) is 0 Å². The Bertz CT molecular complexity index is 145. The molecule has 0 amide bonds. The number of hydrogen-bond acceptors (Lipinski definition) is 1. The molecular weight excluding hydrogens is 213 g/mol. The van der Waals surface area contributed by atoms with Crippen molar-refractivity contribution in [3.8, 4) is 0 Å². The maximum absolute atomic E-state index is 11.9. The van der Waals surface area contributed by atoms with E-state index in [1.807, 2.05) is 0 Å². The van der Waals surface area contributed by atoms with Gasteiger partial charge in [0.2, 0.25) is 0 Å². The van der Waals surface area contributed by atoms with Crippen LogP contribution in [0.15, 0.2) is 0 Å². The molecule has 0 spiro atoms. The fraction of sp³-hybridized carbons (Fsp3) is 1.00. The van der Waals surface area contributed by atoms with E-state index >= 15 is 0 Å². The van der Waals surface area contributed by atoms with Gasteiger partial charge in [-0.15, -0.1) is 0 Å². The van der Waals surface area contributed by atoms with Crippen molar-refractivity contribution in [3.63, 3.8) is 0 Å². The topological polar surface area (TPSA) is 9.23 Å². The number of ether oxygens (including phenoxy) is 1. The lowest BCUT2D eigenvalue weighted by Crippen LogP contribution is -2.46.